The van der Waals surface area contributed by atoms with Gasteiger partial charge >= 0.3 is 0 Å². The third-order valence-electron chi connectivity index (χ3n) is 5.05. The highest BCUT2D eigenvalue weighted by Gasteiger charge is 2.30. The van der Waals surface area contributed by atoms with Gasteiger partial charge in [-0.05, 0) is 49.3 Å². The van der Waals surface area contributed by atoms with Crippen molar-refractivity contribution < 1.29 is 9.29 Å². The Morgan fingerprint density at radius 3 is 2.50 bits per heavy atom. The van der Waals surface area contributed by atoms with Crippen molar-refractivity contribution in [2.75, 3.05) is 31.1 Å². The molecule has 24 heavy (non-hydrogen) atoms. The van der Waals surface area contributed by atoms with Gasteiger partial charge in [0, 0.05) is 18.7 Å². The average molecular weight is 348 g/mol. The number of nitrogens with one attached hydrogen (secondary N) is 1. The summed E-state index contributed by atoms with van der Waals surface area (Å²) in [6, 6.07) is 6.77. The maximum absolute atomic E-state index is 13.0. The molecule has 5 nitrogen and oxygen atoms in total. The van der Waals surface area contributed by atoms with Gasteiger partial charge in [0.05, 0.1) is 26.2 Å². The molecule has 0 atom stereocenters. The van der Waals surface area contributed by atoms with Crippen molar-refractivity contribution in [1.82, 2.24) is 14.3 Å². The van der Waals surface area contributed by atoms with E-state index >= 15 is 0 Å². The lowest BCUT2D eigenvalue weighted by Crippen LogP contribution is -3.14. The number of piperazine rings is 1. The van der Waals surface area contributed by atoms with Crippen LogP contribution in [0.15, 0.2) is 24.3 Å². The lowest BCUT2D eigenvalue weighted by atomic mass is 10.2. The van der Waals surface area contributed by atoms with Crippen molar-refractivity contribution in [3.63, 3.8) is 0 Å². The van der Waals surface area contributed by atoms with E-state index in [1.165, 1.54) is 29.9 Å². The van der Waals surface area contributed by atoms with Gasteiger partial charge in [0.15, 0.2) is 6.67 Å². The highest BCUT2D eigenvalue weighted by molar-refractivity contribution is 7.71. The largest absolute Gasteiger partial charge is 0.360 e. The van der Waals surface area contributed by atoms with Crippen LogP contribution in [0.3, 0.4) is 0 Å². The van der Waals surface area contributed by atoms with Crippen LogP contribution in [-0.4, -0.2) is 40.5 Å². The highest BCUT2D eigenvalue weighted by Crippen LogP contribution is 2.38. The minimum absolute atomic E-state index is 0.181. The van der Waals surface area contributed by atoms with Crippen molar-refractivity contribution >= 4 is 17.9 Å². The Balaban J connectivity index is 1.39. The Morgan fingerprint density at radius 1 is 1.21 bits per heavy atom. The zero-order chi connectivity index (χ0) is 16.7. The summed E-state index contributed by atoms with van der Waals surface area (Å²) in [5, 5.41) is 4.75. The van der Waals surface area contributed by atoms with Crippen LogP contribution in [0, 0.1) is 10.6 Å². The molecular weight excluding hydrogens is 325 g/mol. The maximum Gasteiger partial charge on any atom is 0.202 e. The molecule has 2 heterocycles. The van der Waals surface area contributed by atoms with Crippen molar-refractivity contribution in [2.24, 2.45) is 7.05 Å². The van der Waals surface area contributed by atoms with E-state index in [1.54, 1.807) is 0 Å². The van der Waals surface area contributed by atoms with E-state index in [-0.39, 0.29) is 5.82 Å². The summed E-state index contributed by atoms with van der Waals surface area (Å²) in [5.74, 6) is 1.58. The van der Waals surface area contributed by atoms with Crippen LogP contribution in [0.4, 0.5) is 10.1 Å². The highest BCUT2D eigenvalue weighted by atomic mass is 32.1. The zero-order valence-electron chi connectivity index (χ0n) is 13.9. The van der Waals surface area contributed by atoms with E-state index in [2.05, 4.69) is 9.47 Å². The Morgan fingerprint density at radius 2 is 1.88 bits per heavy atom. The topological polar surface area (TPSA) is 30.4 Å². The van der Waals surface area contributed by atoms with E-state index < -0.39 is 0 Å². The molecule has 1 aliphatic heterocycles. The van der Waals surface area contributed by atoms with Crippen molar-refractivity contribution in [1.29, 1.82) is 0 Å². The molecule has 4 rings (SSSR count). The van der Waals surface area contributed by atoms with Crippen molar-refractivity contribution in [2.45, 2.75) is 25.4 Å². The molecule has 1 aromatic heterocycles. The second-order valence-electron chi connectivity index (χ2n) is 6.85. The molecule has 2 aliphatic rings. The average Bonchev–Trinajstić information content (AvgIpc) is 3.40. The lowest BCUT2D eigenvalue weighted by Gasteiger charge is -2.33. The first-order valence-corrected chi connectivity index (χ1v) is 9.00. The number of aromatic nitrogens is 3. The van der Waals surface area contributed by atoms with Gasteiger partial charge in [0.25, 0.3) is 0 Å². The quantitative estimate of drug-likeness (QED) is 0.846. The Hall–Kier alpha value is -1.73. The number of nitrogens with zero attached hydrogens (tertiary/aromatic N) is 4. The molecule has 1 aliphatic carbocycles. The molecule has 1 N–H and O–H groups in total. The fraction of sp³-hybridized carbons (Fsp3) is 0.529. The molecule has 0 amide bonds. The van der Waals surface area contributed by atoms with E-state index in [0.29, 0.717) is 5.92 Å². The molecule has 0 spiro atoms. The summed E-state index contributed by atoms with van der Waals surface area (Å²) in [5.41, 5.74) is 1.10. The first kappa shape index (κ1) is 15.8. The summed E-state index contributed by atoms with van der Waals surface area (Å²) in [4.78, 5) is 3.81. The number of anilines is 1. The van der Waals surface area contributed by atoms with Crippen LogP contribution >= 0.6 is 12.2 Å². The number of rotatable bonds is 4. The molecule has 0 radical (unpaired) electrons. The Bertz CT molecular complexity index is 769. The smallest absolute Gasteiger partial charge is 0.202 e. The molecule has 1 saturated heterocycles. The summed E-state index contributed by atoms with van der Waals surface area (Å²) in [6.45, 7) is 4.84. The third-order valence-corrected chi connectivity index (χ3v) is 5.54. The fourth-order valence-corrected chi connectivity index (χ4v) is 3.61. The summed E-state index contributed by atoms with van der Waals surface area (Å²) < 4.78 is 17.9. The second-order valence-corrected chi connectivity index (χ2v) is 7.21. The van der Waals surface area contributed by atoms with Crippen LogP contribution < -0.4 is 9.80 Å². The number of halogens is 1. The predicted octanol–water partition coefficient (Wildman–Crippen LogP) is 1.33. The van der Waals surface area contributed by atoms with Gasteiger partial charge in [-0.15, -0.1) is 0 Å². The first-order valence-electron chi connectivity index (χ1n) is 8.59. The molecule has 2 aromatic rings. The van der Waals surface area contributed by atoms with E-state index in [9.17, 15) is 4.39 Å². The summed E-state index contributed by atoms with van der Waals surface area (Å²) in [6.07, 6.45) is 2.48. The number of benzene rings is 1. The normalized spacial score (nSPS) is 19.0. The standard InChI is InChI=1S/C17H22FN5S/c1-20-16(13-2-3-13)19-23(17(20)24)12-21-8-10-22(11-9-21)15-6-4-14(18)5-7-15/h4-7,13H,2-3,8-12H2,1H3/p+1. The van der Waals surface area contributed by atoms with Gasteiger partial charge in [-0.25, -0.2) is 4.39 Å². The number of hydrogen-bond acceptors (Lipinski definition) is 3. The molecule has 1 aromatic carbocycles. The number of quaternary nitrogens is 1. The molecule has 2 fully saturated rings. The van der Waals surface area contributed by atoms with Crippen LogP contribution in [0.5, 0.6) is 0 Å². The molecular formula is C17H23FN5S+. The second kappa shape index (κ2) is 6.29. The maximum atomic E-state index is 13.0. The number of hydrogen-bond donors (Lipinski definition) is 1. The SMILES string of the molecule is Cn1c(C2CC2)nn(C[NH+]2CCN(c3ccc(F)cc3)CC2)c1=S. The van der Waals surface area contributed by atoms with Crippen LogP contribution in [0.25, 0.3) is 0 Å². The predicted molar refractivity (Wildman–Crippen MR) is 93.3 cm³/mol. The van der Waals surface area contributed by atoms with Crippen molar-refractivity contribution in [3.8, 4) is 0 Å². The van der Waals surface area contributed by atoms with Crippen LogP contribution in [0.2, 0.25) is 0 Å². The summed E-state index contributed by atoms with van der Waals surface area (Å²) >= 11 is 5.55. The molecule has 0 bridgehead atoms. The van der Waals surface area contributed by atoms with Gasteiger partial charge in [0.1, 0.15) is 11.6 Å². The lowest BCUT2D eigenvalue weighted by molar-refractivity contribution is -0.924. The monoisotopic (exact) mass is 348 g/mol. The molecule has 7 heteroatoms. The Labute approximate surface area is 146 Å². The van der Waals surface area contributed by atoms with E-state index in [1.807, 2.05) is 23.9 Å². The van der Waals surface area contributed by atoms with Crippen molar-refractivity contribution in [3.05, 3.63) is 40.7 Å². The van der Waals surface area contributed by atoms with Gasteiger partial charge in [-0.1, -0.05) is 0 Å². The van der Waals surface area contributed by atoms with E-state index in [4.69, 9.17) is 17.3 Å². The van der Waals surface area contributed by atoms with Crippen LogP contribution in [-0.2, 0) is 13.7 Å². The first-order chi connectivity index (χ1) is 11.6. The zero-order valence-corrected chi connectivity index (χ0v) is 14.7. The van der Waals surface area contributed by atoms with Gasteiger partial charge in [-0.3, -0.25) is 0 Å². The molecule has 128 valence electrons. The summed E-state index contributed by atoms with van der Waals surface area (Å²) in [7, 11) is 2.03. The fourth-order valence-electron chi connectivity index (χ4n) is 3.41. The minimum atomic E-state index is -0.181. The minimum Gasteiger partial charge on any atom is -0.360 e. The molecule has 1 saturated carbocycles. The van der Waals surface area contributed by atoms with Crippen LogP contribution in [0.1, 0.15) is 24.6 Å². The van der Waals surface area contributed by atoms with Gasteiger partial charge in [-0.2, -0.15) is 9.78 Å². The van der Waals surface area contributed by atoms with Gasteiger partial charge < -0.3 is 14.4 Å². The third kappa shape index (κ3) is 3.10. The van der Waals surface area contributed by atoms with Gasteiger partial charge in [0.2, 0.25) is 4.77 Å². The van der Waals surface area contributed by atoms with E-state index in [0.717, 1.165) is 49.1 Å². The molecule has 0 unspecified atom stereocenters. The Kier molecular flexibility index (Phi) is 4.14.